The molecule has 0 amide bonds. The molecule has 0 saturated carbocycles. The molecule has 6 heteroatoms. The lowest BCUT2D eigenvalue weighted by Crippen LogP contribution is -2.12. The minimum atomic E-state index is -3.73. The predicted molar refractivity (Wildman–Crippen MR) is 199 cm³/mol. The van der Waals surface area contributed by atoms with E-state index in [-0.39, 0.29) is 4.90 Å². The number of nitrogens with zero attached hydrogens (tertiary/aromatic N) is 1. The van der Waals surface area contributed by atoms with Gasteiger partial charge in [0.1, 0.15) is 5.75 Å². The number of fused-ring (bicyclic) bond motifs is 7. The van der Waals surface area contributed by atoms with Crippen molar-refractivity contribution in [3.8, 4) is 22.7 Å². The van der Waals surface area contributed by atoms with E-state index in [0.29, 0.717) is 5.69 Å². The van der Waals surface area contributed by atoms with Crippen molar-refractivity contribution in [2.24, 2.45) is 0 Å². The first-order valence-electron chi connectivity index (χ1n) is 16.0. The van der Waals surface area contributed by atoms with Crippen molar-refractivity contribution in [1.82, 2.24) is 4.57 Å². The number of benzene rings is 7. The molecule has 0 aliphatic carbocycles. The van der Waals surface area contributed by atoms with Gasteiger partial charge in [-0.15, -0.1) is 0 Å². The average Bonchev–Trinajstić information content (AvgIpc) is 3.40. The molecular weight excluding hydrogens is 613 g/mol. The van der Waals surface area contributed by atoms with E-state index >= 15 is 0 Å². The van der Waals surface area contributed by atoms with Crippen molar-refractivity contribution in [1.29, 1.82) is 0 Å². The normalized spacial score (nSPS) is 11.9. The van der Waals surface area contributed by atoms with Crippen LogP contribution in [0.1, 0.15) is 16.7 Å². The quantitative estimate of drug-likeness (QED) is 0.183. The Labute approximate surface area is 280 Å². The number of aromatic nitrogens is 1. The van der Waals surface area contributed by atoms with Crippen LogP contribution in [0, 0.1) is 20.8 Å². The molecule has 5 nitrogen and oxygen atoms in total. The molecular formula is C42H34N2O3S. The zero-order valence-corrected chi connectivity index (χ0v) is 28.0. The molecule has 7 aromatic carbocycles. The zero-order chi connectivity index (χ0) is 33.2. The summed E-state index contributed by atoms with van der Waals surface area (Å²) in [5.41, 5.74) is 8.48. The average molecular weight is 647 g/mol. The van der Waals surface area contributed by atoms with E-state index in [0.717, 1.165) is 71.7 Å². The molecule has 0 aliphatic heterocycles. The minimum Gasteiger partial charge on any atom is -0.496 e. The second-order valence-electron chi connectivity index (χ2n) is 12.4. The summed E-state index contributed by atoms with van der Waals surface area (Å²) in [4.78, 5) is 0.230. The Morgan fingerprint density at radius 1 is 0.583 bits per heavy atom. The molecule has 0 spiro atoms. The van der Waals surface area contributed by atoms with E-state index in [1.807, 2.05) is 24.3 Å². The van der Waals surface area contributed by atoms with Gasteiger partial charge in [0.25, 0.3) is 10.0 Å². The van der Waals surface area contributed by atoms with Gasteiger partial charge in [-0.3, -0.25) is 4.72 Å². The first kappa shape index (κ1) is 29.8. The second kappa shape index (κ2) is 11.3. The van der Waals surface area contributed by atoms with Crippen LogP contribution in [0.4, 0.5) is 5.69 Å². The lowest BCUT2D eigenvalue weighted by Gasteiger charge is -2.17. The highest BCUT2D eigenvalue weighted by atomic mass is 32.2. The Morgan fingerprint density at radius 2 is 1.15 bits per heavy atom. The molecule has 8 rings (SSSR count). The standard InChI is InChI=1S/C42H34N2O3S/c1-26-22-29(23-27(2)42(26)47-4)41-28(3)33-14-10-11-17-40(33)44(41)31-19-21-37-36-20-18-30(43-48(45,46)32-12-6-5-7-13-32)24-38(36)34-15-8-9-16-35(34)39(37)25-31/h5-25,43H,1-4H3. The van der Waals surface area contributed by atoms with Gasteiger partial charge in [0, 0.05) is 16.8 Å². The molecule has 236 valence electrons. The third-order valence-corrected chi connectivity index (χ3v) is 10.8. The van der Waals surface area contributed by atoms with Crippen molar-refractivity contribution >= 4 is 58.9 Å². The summed E-state index contributed by atoms with van der Waals surface area (Å²) in [6.07, 6.45) is 0. The molecule has 0 atom stereocenters. The summed E-state index contributed by atoms with van der Waals surface area (Å²) in [6.45, 7) is 6.41. The Kier molecular flexibility index (Phi) is 7.00. The molecule has 1 heterocycles. The monoisotopic (exact) mass is 646 g/mol. The summed E-state index contributed by atoms with van der Waals surface area (Å²) < 4.78 is 37.2. The fourth-order valence-electron chi connectivity index (χ4n) is 7.39. The molecule has 1 aromatic heterocycles. The Balaban J connectivity index is 1.35. The predicted octanol–water partition coefficient (Wildman–Crippen LogP) is 10.5. The van der Waals surface area contributed by atoms with Crippen LogP contribution in [-0.4, -0.2) is 20.1 Å². The highest BCUT2D eigenvalue weighted by Gasteiger charge is 2.20. The molecule has 48 heavy (non-hydrogen) atoms. The van der Waals surface area contributed by atoms with Crippen LogP contribution in [0.25, 0.3) is 60.2 Å². The summed E-state index contributed by atoms with van der Waals surface area (Å²) in [7, 11) is -2.00. The fourth-order valence-corrected chi connectivity index (χ4v) is 8.46. The first-order chi connectivity index (χ1) is 23.2. The van der Waals surface area contributed by atoms with Gasteiger partial charge in [0.15, 0.2) is 0 Å². The highest BCUT2D eigenvalue weighted by Crippen LogP contribution is 2.41. The van der Waals surface area contributed by atoms with E-state index in [4.69, 9.17) is 4.74 Å². The second-order valence-corrected chi connectivity index (χ2v) is 14.1. The lowest BCUT2D eigenvalue weighted by molar-refractivity contribution is 0.408. The van der Waals surface area contributed by atoms with Crippen LogP contribution < -0.4 is 9.46 Å². The van der Waals surface area contributed by atoms with Crippen LogP contribution in [0.5, 0.6) is 5.75 Å². The van der Waals surface area contributed by atoms with E-state index < -0.39 is 10.0 Å². The van der Waals surface area contributed by atoms with Gasteiger partial charge in [-0.05, 0) is 130 Å². The van der Waals surface area contributed by atoms with Gasteiger partial charge in [0.2, 0.25) is 0 Å². The van der Waals surface area contributed by atoms with Crippen LogP contribution >= 0.6 is 0 Å². The number of rotatable bonds is 6. The summed E-state index contributed by atoms with van der Waals surface area (Å²) >= 11 is 0. The molecule has 8 aromatic rings. The Morgan fingerprint density at radius 3 is 1.81 bits per heavy atom. The fraction of sp³-hybridized carbons (Fsp3) is 0.0952. The maximum absolute atomic E-state index is 13.2. The third kappa shape index (κ3) is 4.71. The maximum Gasteiger partial charge on any atom is 0.261 e. The van der Waals surface area contributed by atoms with Crippen LogP contribution in [0.15, 0.2) is 132 Å². The van der Waals surface area contributed by atoms with Gasteiger partial charge in [0.05, 0.1) is 23.2 Å². The van der Waals surface area contributed by atoms with Crippen LogP contribution in [0.2, 0.25) is 0 Å². The number of para-hydroxylation sites is 1. The molecule has 0 radical (unpaired) electrons. The number of ether oxygens (including phenoxy) is 1. The maximum atomic E-state index is 13.2. The molecule has 0 saturated heterocycles. The minimum absolute atomic E-state index is 0.230. The molecule has 0 unspecified atom stereocenters. The number of nitrogens with one attached hydrogen (secondary N) is 1. The van der Waals surface area contributed by atoms with E-state index in [1.165, 1.54) is 10.9 Å². The topological polar surface area (TPSA) is 60.3 Å². The van der Waals surface area contributed by atoms with Crippen molar-refractivity contribution < 1.29 is 13.2 Å². The van der Waals surface area contributed by atoms with Crippen LogP contribution in [-0.2, 0) is 10.0 Å². The molecule has 0 aliphatic rings. The number of hydrogen-bond donors (Lipinski definition) is 1. The summed E-state index contributed by atoms with van der Waals surface area (Å²) in [5.74, 6) is 0.916. The van der Waals surface area contributed by atoms with Crippen molar-refractivity contribution in [2.45, 2.75) is 25.7 Å². The highest BCUT2D eigenvalue weighted by molar-refractivity contribution is 7.92. The summed E-state index contributed by atoms with van der Waals surface area (Å²) in [5, 5.41) is 7.68. The van der Waals surface area contributed by atoms with Gasteiger partial charge in [-0.2, -0.15) is 0 Å². The number of hydrogen-bond acceptors (Lipinski definition) is 3. The number of sulfonamides is 1. The summed E-state index contributed by atoms with van der Waals surface area (Å²) in [6, 6.07) is 42.3. The van der Waals surface area contributed by atoms with Gasteiger partial charge >= 0.3 is 0 Å². The third-order valence-electron chi connectivity index (χ3n) is 9.45. The number of anilines is 1. The number of aryl methyl sites for hydroxylation is 3. The lowest BCUT2D eigenvalue weighted by atomic mass is 9.93. The number of methoxy groups -OCH3 is 1. The first-order valence-corrected chi connectivity index (χ1v) is 17.5. The SMILES string of the molecule is COc1c(C)cc(-c2c(C)c3ccccc3n2-c2ccc3c4ccc(NS(=O)(=O)c5ccccc5)cc4c4ccccc4c3c2)cc1C. The smallest absolute Gasteiger partial charge is 0.261 e. The van der Waals surface area contributed by atoms with Gasteiger partial charge in [-0.25, -0.2) is 8.42 Å². The molecule has 0 bridgehead atoms. The molecule has 0 fully saturated rings. The van der Waals surface area contributed by atoms with Gasteiger partial charge in [-0.1, -0.05) is 72.8 Å². The molecule has 1 N–H and O–H groups in total. The Hall–Kier alpha value is -5.59. The zero-order valence-electron chi connectivity index (χ0n) is 27.2. The Bertz CT molecular complexity index is 2630. The van der Waals surface area contributed by atoms with E-state index in [1.54, 1.807) is 37.4 Å². The van der Waals surface area contributed by atoms with E-state index in [9.17, 15) is 8.42 Å². The largest absolute Gasteiger partial charge is 0.496 e. The van der Waals surface area contributed by atoms with E-state index in [2.05, 4.69) is 103 Å². The van der Waals surface area contributed by atoms with Crippen molar-refractivity contribution in [2.75, 3.05) is 11.8 Å². The van der Waals surface area contributed by atoms with Crippen LogP contribution in [0.3, 0.4) is 0 Å². The van der Waals surface area contributed by atoms with Crippen molar-refractivity contribution in [3.63, 3.8) is 0 Å². The van der Waals surface area contributed by atoms with Crippen molar-refractivity contribution in [3.05, 3.63) is 144 Å². The van der Waals surface area contributed by atoms with Gasteiger partial charge < -0.3 is 9.30 Å².